The van der Waals surface area contributed by atoms with Gasteiger partial charge in [0, 0.05) is 16.9 Å². The highest BCUT2D eigenvalue weighted by atomic mass is 127. The fourth-order valence-electron chi connectivity index (χ4n) is 1.14. The minimum atomic E-state index is -0.153. The van der Waals surface area contributed by atoms with Crippen LogP contribution in [-0.2, 0) is 0 Å². The van der Waals surface area contributed by atoms with Gasteiger partial charge in [-0.2, -0.15) is 0 Å². The van der Waals surface area contributed by atoms with E-state index >= 15 is 0 Å². The third kappa shape index (κ3) is 4.29. The molecule has 1 rings (SSSR count). The van der Waals surface area contributed by atoms with Gasteiger partial charge in [0.15, 0.2) is 0 Å². The molecule has 0 aromatic heterocycles. The normalized spacial score (nSPS) is 12.2. The molecule has 0 aliphatic heterocycles. The van der Waals surface area contributed by atoms with Crippen LogP contribution in [0.3, 0.4) is 0 Å². The van der Waals surface area contributed by atoms with E-state index in [2.05, 4.69) is 21.2 Å². The Balaban J connectivity index is 2.56. The molecule has 1 unspecified atom stereocenters. The average Bonchev–Trinajstić information content (AvgIpc) is 2.21. The predicted molar refractivity (Wildman–Crippen MR) is 76.2 cm³/mol. The lowest BCUT2D eigenvalue weighted by Gasteiger charge is -2.07. The van der Waals surface area contributed by atoms with Gasteiger partial charge in [0.05, 0.1) is 3.57 Å². The zero-order valence-corrected chi connectivity index (χ0v) is 12.6. The first-order valence-corrected chi connectivity index (χ1v) is 6.91. The highest BCUT2D eigenvalue weighted by molar-refractivity contribution is 14.1. The summed E-state index contributed by atoms with van der Waals surface area (Å²) in [6.45, 7) is 2.65. The second-order valence-electron chi connectivity index (χ2n) is 3.49. The molecule has 0 fully saturated rings. The average molecular weight is 398 g/mol. The Labute approximate surface area is 117 Å². The molecular formula is C11H13BrINO2. The van der Waals surface area contributed by atoms with Crippen molar-refractivity contribution in [1.82, 2.24) is 5.32 Å². The van der Waals surface area contributed by atoms with Crippen LogP contribution in [0.1, 0.15) is 23.7 Å². The molecule has 1 aromatic carbocycles. The predicted octanol–water partition coefficient (Wildman–Crippen LogP) is 2.90. The molecule has 0 aliphatic carbocycles. The first-order valence-electron chi connectivity index (χ1n) is 4.91. The first-order chi connectivity index (χ1) is 7.50. The van der Waals surface area contributed by atoms with Crippen LogP contribution >= 0.6 is 38.5 Å². The molecule has 2 N–H and O–H groups in total. The van der Waals surface area contributed by atoms with E-state index in [-0.39, 0.29) is 11.7 Å². The Morgan fingerprint density at radius 1 is 1.62 bits per heavy atom. The zero-order valence-electron chi connectivity index (χ0n) is 8.84. The van der Waals surface area contributed by atoms with Crippen molar-refractivity contribution >= 4 is 44.4 Å². The van der Waals surface area contributed by atoms with E-state index in [1.807, 2.05) is 29.5 Å². The van der Waals surface area contributed by atoms with Crippen molar-refractivity contribution < 1.29 is 9.90 Å². The minimum absolute atomic E-state index is 0.141. The number of aromatic hydroxyl groups is 1. The number of rotatable bonds is 4. The van der Waals surface area contributed by atoms with Gasteiger partial charge in [0.1, 0.15) is 5.75 Å². The summed E-state index contributed by atoms with van der Waals surface area (Å²) in [5.41, 5.74) is 0.486. The molecule has 0 saturated heterocycles. The molecule has 0 aliphatic rings. The number of alkyl halides is 1. The van der Waals surface area contributed by atoms with Gasteiger partial charge in [0.2, 0.25) is 0 Å². The maximum atomic E-state index is 11.6. The van der Waals surface area contributed by atoms with E-state index in [1.54, 1.807) is 12.1 Å². The van der Waals surface area contributed by atoms with E-state index in [0.29, 0.717) is 16.9 Å². The van der Waals surface area contributed by atoms with Crippen LogP contribution in [0.25, 0.3) is 0 Å². The molecular weight excluding hydrogens is 385 g/mol. The molecule has 16 heavy (non-hydrogen) atoms. The first kappa shape index (κ1) is 13.8. The SMILES string of the molecule is CC(Br)CCNC(=O)c1ccc(I)c(O)c1. The van der Waals surface area contributed by atoms with Gasteiger partial charge in [-0.05, 0) is 47.2 Å². The topological polar surface area (TPSA) is 49.3 Å². The molecule has 88 valence electrons. The fourth-order valence-corrected chi connectivity index (χ4v) is 1.70. The second-order valence-corrected chi connectivity index (χ2v) is 6.22. The Hall–Kier alpha value is -0.300. The number of carbonyl (C=O) groups excluding carboxylic acids is 1. The van der Waals surface area contributed by atoms with Crippen LogP contribution in [0.4, 0.5) is 0 Å². The largest absolute Gasteiger partial charge is 0.507 e. The van der Waals surface area contributed by atoms with Crippen molar-refractivity contribution in [3.05, 3.63) is 27.3 Å². The summed E-state index contributed by atoms with van der Waals surface area (Å²) in [6, 6.07) is 4.90. The summed E-state index contributed by atoms with van der Waals surface area (Å²) in [6.07, 6.45) is 0.877. The Bertz CT molecular complexity index is 382. The molecule has 1 atom stereocenters. The van der Waals surface area contributed by atoms with Crippen molar-refractivity contribution in [2.24, 2.45) is 0 Å². The summed E-state index contributed by atoms with van der Waals surface area (Å²) < 4.78 is 0.739. The summed E-state index contributed by atoms with van der Waals surface area (Å²) >= 11 is 5.42. The second kappa shape index (κ2) is 6.44. The number of hydrogen-bond donors (Lipinski definition) is 2. The Morgan fingerprint density at radius 3 is 2.88 bits per heavy atom. The maximum Gasteiger partial charge on any atom is 0.251 e. The Morgan fingerprint density at radius 2 is 2.31 bits per heavy atom. The fraction of sp³-hybridized carbons (Fsp3) is 0.364. The third-order valence-electron chi connectivity index (χ3n) is 2.04. The molecule has 5 heteroatoms. The van der Waals surface area contributed by atoms with E-state index in [4.69, 9.17) is 0 Å². The number of benzene rings is 1. The molecule has 0 spiro atoms. The lowest BCUT2D eigenvalue weighted by molar-refractivity contribution is 0.0953. The molecule has 0 heterocycles. The van der Waals surface area contributed by atoms with Crippen LogP contribution in [-0.4, -0.2) is 22.4 Å². The van der Waals surface area contributed by atoms with Gasteiger partial charge in [-0.1, -0.05) is 22.9 Å². The monoisotopic (exact) mass is 397 g/mol. The third-order valence-corrected chi connectivity index (χ3v) is 3.41. The van der Waals surface area contributed by atoms with Crippen LogP contribution < -0.4 is 5.32 Å². The lowest BCUT2D eigenvalue weighted by atomic mass is 10.2. The van der Waals surface area contributed by atoms with E-state index in [0.717, 1.165) is 9.99 Å². The van der Waals surface area contributed by atoms with Crippen LogP contribution in [0.2, 0.25) is 0 Å². The summed E-state index contributed by atoms with van der Waals surface area (Å²) in [5, 5.41) is 12.3. The molecule has 0 radical (unpaired) electrons. The smallest absolute Gasteiger partial charge is 0.251 e. The van der Waals surface area contributed by atoms with E-state index < -0.39 is 0 Å². The van der Waals surface area contributed by atoms with Gasteiger partial charge in [-0.3, -0.25) is 4.79 Å². The maximum absolute atomic E-state index is 11.6. The van der Waals surface area contributed by atoms with Gasteiger partial charge in [0.25, 0.3) is 5.91 Å². The molecule has 0 bridgehead atoms. The van der Waals surface area contributed by atoms with Gasteiger partial charge in [-0.25, -0.2) is 0 Å². The number of phenolic OH excluding ortho intramolecular Hbond substituents is 1. The van der Waals surface area contributed by atoms with Gasteiger partial charge < -0.3 is 10.4 Å². The number of carbonyl (C=O) groups is 1. The van der Waals surface area contributed by atoms with E-state index in [1.165, 1.54) is 6.07 Å². The van der Waals surface area contributed by atoms with Crippen molar-refractivity contribution in [1.29, 1.82) is 0 Å². The van der Waals surface area contributed by atoms with Crippen LogP contribution in [0.5, 0.6) is 5.75 Å². The van der Waals surface area contributed by atoms with Crippen LogP contribution in [0, 0.1) is 3.57 Å². The Kier molecular flexibility index (Phi) is 5.54. The number of nitrogens with one attached hydrogen (secondary N) is 1. The summed E-state index contributed by atoms with van der Waals surface area (Å²) in [7, 11) is 0. The number of amides is 1. The standard InChI is InChI=1S/C11H13BrINO2/c1-7(12)4-5-14-11(16)8-2-3-9(13)10(15)6-8/h2-3,6-7,15H,4-5H2,1H3,(H,14,16). The van der Waals surface area contributed by atoms with Gasteiger partial charge in [-0.15, -0.1) is 0 Å². The van der Waals surface area contributed by atoms with Crippen molar-refractivity contribution in [2.75, 3.05) is 6.54 Å². The molecule has 0 saturated carbocycles. The quantitative estimate of drug-likeness (QED) is 0.606. The number of hydrogen-bond acceptors (Lipinski definition) is 2. The van der Waals surface area contributed by atoms with E-state index in [9.17, 15) is 9.90 Å². The zero-order chi connectivity index (χ0) is 12.1. The lowest BCUT2D eigenvalue weighted by Crippen LogP contribution is -2.25. The molecule has 1 aromatic rings. The minimum Gasteiger partial charge on any atom is -0.507 e. The van der Waals surface area contributed by atoms with Crippen LogP contribution in [0.15, 0.2) is 18.2 Å². The van der Waals surface area contributed by atoms with Crippen molar-refractivity contribution in [3.8, 4) is 5.75 Å². The molecule has 1 amide bonds. The highest BCUT2D eigenvalue weighted by Crippen LogP contribution is 2.20. The van der Waals surface area contributed by atoms with Crippen molar-refractivity contribution in [3.63, 3.8) is 0 Å². The number of halogens is 2. The summed E-state index contributed by atoms with van der Waals surface area (Å²) in [5.74, 6) is -0.0121. The number of phenols is 1. The highest BCUT2D eigenvalue weighted by Gasteiger charge is 2.07. The van der Waals surface area contributed by atoms with Gasteiger partial charge >= 0.3 is 0 Å². The summed E-state index contributed by atoms with van der Waals surface area (Å²) in [4.78, 5) is 12.0. The molecule has 3 nitrogen and oxygen atoms in total. The van der Waals surface area contributed by atoms with Crippen molar-refractivity contribution in [2.45, 2.75) is 18.2 Å².